The van der Waals surface area contributed by atoms with Crippen molar-refractivity contribution in [3.05, 3.63) is 12.2 Å². The predicted octanol–water partition coefficient (Wildman–Crippen LogP) is 7.54. The van der Waals surface area contributed by atoms with Crippen molar-refractivity contribution >= 4 is 0 Å². The van der Waals surface area contributed by atoms with Crippen LogP contribution in [-0.4, -0.2) is 6.54 Å². The van der Waals surface area contributed by atoms with Crippen LogP contribution in [0.25, 0.3) is 0 Å². The highest BCUT2D eigenvalue weighted by Gasteiger charge is 1.92. The number of unbranched alkanes of at least 4 members (excludes halogenated alkanes) is 16. The molecule has 0 aliphatic carbocycles. The van der Waals surface area contributed by atoms with E-state index in [4.69, 9.17) is 5.73 Å². The highest BCUT2D eigenvalue weighted by molar-refractivity contribution is 4.81. The summed E-state index contributed by atoms with van der Waals surface area (Å²) in [7, 11) is 0. The standard InChI is InChI=1S/C22H45N/c1-2-3-4-5-6-7-8-9-10-11-12-13-14-15-16-17-18-19-20-21-22-23/h9-10H,2-8,11-23H2,1H3. The lowest BCUT2D eigenvalue weighted by molar-refractivity contribution is 0.554. The first-order valence-corrected chi connectivity index (χ1v) is 10.8. The van der Waals surface area contributed by atoms with Crippen molar-refractivity contribution in [1.29, 1.82) is 0 Å². The summed E-state index contributed by atoms with van der Waals surface area (Å²) in [5.74, 6) is 0. The average molecular weight is 324 g/mol. The lowest BCUT2D eigenvalue weighted by Gasteiger charge is -2.01. The molecule has 0 unspecified atom stereocenters. The van der Waals surface area contributed by atoms with Crippen molar-refractivity contribution in [2.24, 2.45) is 5.73 Å². The van der Waals surface area contributed by atoms with E-state index in [-0.39, 0.29) is 0 Å². The first kappa shape index (κ1) is 22.7. The Labute approximate surface area is 147 Å². The molecule has 0 atom stereocenters. The van der Waals surface area contributed by atoms with Gasteiger partial charge in [0.15, 0.2) is 0 Å². The van der Waals surface area contributed by atoms with Gasteiger partial charge in [0.25, 0.3) is 0 Å². The van der Waals surface area contributed by atoms with Crippen LogP contribution in [0.1, 0.15) is 122 Å². The third kappa shape index (κ3) is 21.7. The molecule has 0 aromatic heterocycles. The van der Waals surface area contributed by atoms with E-state index in [1.165, 1.54) is 116 Å². The van der Waals surface area contributed by atoms with Crippen LogP contribution in [0.2, 0.25) is 0 Å². The monoisotopic (exact) mass is 323 g/mol. The Morgan fingerprint density at radius 3 is 1.22 bits per heavy atom. The second-order valence-corrected chi connectivity index (χ2v) is 7.14. The molecule has 0 radical (unpaired) electrons. The minimum absolute atomic E-state index is 0.868. The van der Waals surface area contributed by atoms with Crippen LogP contribution in [-0.2, 0) is 0 Å². The molecule has 0 spiro atoms. The molecular formula is C22H45N. The normalized spacial score (nSPS) is 11.6. The first-order valence-electron chi connectivity index (χ1n) is 10.8. The van der Waals surface area contributed by atoms with Crippen molar-refractivity contribution in [3.8, 4) is 0 Å². The van der Waals surface area contributed by atoms with E-state index >= 15 is 0 Å². The summed E-state index contributed by atoms with van der Waals surface area (Å²) in [5, 5.41) is 0. The molecule has 1 nitrogen and oxygen atoms in total. The molecule has 138 valence electrons. The molecule has 0 aromatic rings. The maximum Gasteiger partial charge on any atom is -0.00773 e. The molecular weight excluding hydrogens is 278 g/mol. The Morgan fingerprint density at radius 1 is 0.478 bits per heavy atom. The van der Waals surface area contributed by atoms with Crippen molar-refractivity contribution in [3.63, 3.8) is 0 Å². The number of hydrogen-bond donors (Lipinski definition) is 1. The molecule has 0 saturated carbocycles. The van der Waals surface area contributed by atoms with Crippen LogP contribution in [0, 0.1) is 0 Å². The molecule has 0 aromatic carbocycles. The molecule has 0 saturated heterocycles. The fraction of sp³-hybridized carbons (Fsp3) is 0.909. The van der Waals surface area contributed by atoms with Crippen molar-refractivity contribution in [2.75, 3.05) is 6.54 Å². The van der Waals surface area contributed by atoms with Gasteiger partial charge in [0, 0.05) is 0 Å². The van der Waals surface area contributed by atoms with Gasteiger partial charge >= 0.3 is 0 Å². The SMILES string of the molecule is CCCCCCCCC=CCCCCCCCCCCCCN. The topological polar surface area (TPSA) is 26.0 Å². The molecule has 0 rings (SSSR count). The molecule has 23 heavy (non-hydrogen) atoms. The zero-order valence-corrected chi connectivity index (χ0v) is 16.2. The van der Waals surface area contributed by atoms with Gasteiger partial charge in [-0.05, 0) is 38.6 Å². The fourth-order valence-electron chi connectivity index (χ4n) is 3.10. The van der Waals surface area contributed by atoms with Gasteiger partial charge in [-0.15, -0.1) is 0 Å². The number of rotatable bonds is 19. The zero-order chi connectivity index (χ0) is 16.8. The third-order valence-electron chi connectivity index (χ3n) is 4.72. The maximum atomic E-state index is 5.50. The highest BCUT2D eigenvalue weighted by Crippen LogP contribution is 2.12. The van der Waals surface area contributed by atoms with Crippen LogP contribution < -0.4 is 5.73 Å². The largest absolute Gasteiger partial charge is 0.330 e. The Hall–Kier alpha value is -0.300. The van der Waals surface area contributed by atoms with Gasteiger partial charge in [-0.25, -0.2) is 0 Å². The molecule has 0 amide bonds. The second-order valence-electron chi connectivity index (χ2n) is 7.14. The van der Waals surface area contributed by atoms with Crippen molar-refractivity contribution < 1.29 is 0 Å². The van der Waals surface area contributed by atoms with Gasteiger partial charge in [-0.3, -0.25) is 0 Å². The number of nitrogens with two attached hydrogens (primary N) is 1. The average Bonchev–Trinajstić information content (AvgIpc) is 2.57. The van der Waals surface area contributed by atoms with Gasteiger partial charge in [0.2, 0.25) is 0 Å². The molecule has 0 heterocycles. The molecule has 0 bridgehead atoms. The number of hydrogen-bond acceptors (Lipinski definition) is 1. The van der Waals surface area contributed by atoms with Gasteiger partial charge in [0.05, 0.1) is 0 Å². The summed E-state index contributed by atoms with van der Waals surface area (Å²) < 4.78 is 0. The fourth-order valence-corrected chi connectivity index (χ4v) is 3.10. The smallest absolute Gasteiger partial charge is 0.00773 e. The zero-order valence-electron chi connectivity index (χ0n) is 16.2. The maximum absolute atomic E-state index is 5.50. The van der Waals surface area contributed by atoms with E-state index in [1.807, 2.05) is 0 Å². The summed E-state index contributed by atoms with van der Waals surface area (Å²) in [6.07, 6.45) is 29.8. The Kier molecular flexibility index (Phi) is 21.4. The van der Waals surface area contributed by atoms with Crippen LogP contribution in [0.15, 0.2) is 12.2 Å². The Bertz CT molecular complexity index is 222. The minimum atomic E-state index is 0.868. The van der Waals surface area contributed by atoms with Crippen LogP contribution in [0.5, 0.6) is 0 Å². The molecule has 1 heteroatoms. The first-order chi connectivity index (χ1) is 11.4. The summed E-state index contributed by atoms with van der Waals surface area (Å²) >= 11 is 0. The highest BCUT2D eigenvalue weighted by atomic mass is 14.5. The summed E-state index contributed by atoms with van der Waals surface area (Å²) in [5.41, 5.74) is 5.50. The van der Waals surface area contributed by atoms with Crippen LogP contribution in [0.3, 0.4) is 0 Å². The van der Waals surface area contributed by atoms with Crippen molar-refractivity contribution in [1.82, 2.24) is 0 Å². The number of allylic oxidation sites excluding steroid dienone is 2. The molecule has 0 fully saturated rings. The van der Waals surface area contributed by atoms with E-state index in [2.05, 4.69) is 19.1 Å². The van der Waals surface area contributed by atoms with Crippen LogP contribution >= 0.6 is 0 Å². The predicted molar refractivity (Wildman–Crippen MR) is 107 cm³/mol. The van der Waals surface area contributed by atoms with Crippen LogP contribution in [0.4, 0.5) is 0 Å². The molecule has 0 aliphatic rings. The van der Waals surface area contributed by atoms with Gasteiger partial charge < -0.3 is 5.73 Å². The Morgan fingerprint density at radius 2 is 0.826 bits per heavy atom. The van der Waals surface area contributed by atoms with E-state index in [9.17, 15) is 0 Å². The van der Waals surface area contributed by atoms with Gasteiger partial charge in [-0.2, -0.15) is 0 Å². The molecule has 2 N–H and O–H groups in total. The summed E-state index contributed by atoms with van der Waals surface area (Å²) in [6.45, 7) is 3.15. The quantitative estimate of drug-likeness (QED) is 0.193. The Balaban J connectivity index is 3.02. The van der Waals surface area contributed by atoms with E-state index in [0.717, 1.165) is 6.54 Å². The third-order valence-corrected chi connectivity index (χ3v) is 4.72. The minimum Gasteiger partial charge on any atom is -0.330 e. The van der Waals surface area contributed by atoms with Gasteiger partial charge in [0.1, 0.15) is 0 Å². The van der Waals surface area contributed by atoms with E-state index < -0.39 is 0 Å². The summed E-state index contributed by atoms with van der Waals surface area (Å²) in [4.78, 5) is 0. The van der Waals surface area contributed by atoms with E-state index in [1.54, 1.807) is 0 Å². The summed E-state index contributed by atoms with van der Waals surface area (Å²) in [6, 6.07) is 0. The lowest BCUT2D eigenvalue weighted by Crippen LogP contribution is -1.97. The lowest BCUT2D eigenvalue weighted by atomic mass is 10.1. The van der Waals surface area contributed by atoms with Gasteiger partial charge in [-0.1, -0.05) is 103 Å². The van der Waals surface area contributed by atoms with E-state index in [0.29, 0.717) is 0 Å². The second kappa shape index (κ2) is 21.7. The molecule has 0 aliphatic heterocycles. The van der Waals surface area contributed by atoms with Crippen molar-refractivity contribution in [2.45, 2.75) is 122 Å².